The van der Waals surface area contributed by atoms with Gasteiger partial charge in [0.1, 0.15) is 12.4 Å². The average molecular weight is 892 g/mol. The minimum absolute atomic E-state index is 0.175. The largest absolute Gasteiger partial charge is 0.445 e. The molecule has 0 saturated carbocycles. The van der Waals surface area contributed by atoms with E-state index in [1.54, 1.807) is 18.1 Å². The molecule has 4 aromatic carbocycles. The molecular formula is C49H56BrFN4O4Si. The summed E-state index contributed by atoms with van der Waals surface area (Å²) in [6.45, 7) is 16.4. The maximum atomic E-state index is 15.3. The van der Waals surface area contributed by atoms with E-state index >= 15 is 4.39 Å². The van der Waals surface area contributed by atoms with Gasteiger partial charge in [-0.15, -0.1) is 0 Å². The highest BCUT2D eigenvalue weighted by atomic mass is 79.9. The van der Waals surface area contributed by atoms with Crippen molar-refractivity contribution in [2.45, 2.75) is 65.7 Å². The number of hydrogen-bond donors (Lipinski definition) is 1. The number of methoxy groups -OCH3 is 1. The highest BCUT2D eigenvalue weighted by molar-refractivity contribution is 9.10. The molecule has 0 aliphatic carbocycles. The quantitative estimate of drug-likeness (QED) is 0.116. The van der Waals surface area contributed by atoms with E-state index in [-0.39, 0.29) is 35.1 Å². The van der Waals surface area contributed by atoms with E-state index in [2.05, 4.69) is 127 Å². The third kappa shape index (κ3) is 9.10. The lowest BCUT2D eigenvalue weighted by atomic mass is 9.84. The van der Waals surface area contributed by atoms with Crippen molar-refractivity contribution in [3.05, 3.63) is 143 Å². The Morgan fingerprint density at radius 3 is 2.07 bits per heavy atom. The number of rotatable bonds is 13. The fourth-order valence-corrected chi connectivity index (χ4v) is 13.6. The number of halogens is 2. The number of carbonyl (C=O) groups is 1. The van der Waals surface area contributed by atoms with E-state index < -0.39 is 8.32 Å². The van der Waals surface area contributed by atoms with E-state index in [9.17, 15) is 4.79 Å². The first kappa shape index (κ1) is 43.3. The van der Waals surface area contributed by atoms with Crippen LogP contribution in [0.1, 0.15) is 64.5 Å². The van der Waals surface area contributed by atoms with Gasteiger partial charge in [0.15, 0.2) is 0 Å². The third-order valence-electron chi connectivity index (χ3n) is 11.7. The zero-order chi connectivity index (χ0) is 42.7. The topological polar surface area (TPSA) is 79.9 Å². The molecule has 314 valence electrons. The van der Waals surface area contributed by atoms with Crippen molar-refractivity contribution in [1.29, 1.82) is 0 Å². The zero-order valence-electron chi connectivity index (χ0n) is 35.7. The number of amides is 1. The number of piperazine rings is 1. The Labute approximate surface area is 363 Å². The van der Waals surface area contributed by atoms with Gasteiger partial charge in [0.25, 0.3) is 8.32 Å². The molecule has 0 radical (unpaired) electrons. The molecule has 1 aliphatic rings. The Balaban J connectivity index is 1.22. The fraction of sp³-hybridized carbons (Fsp3) is 0.347. The summed E-state index contributed by atoms with van der Waals surface area (Å²) in [4.78, 5) is 25.7. The lowest BCUT2D eigenvalue weighted by Crippen LogP contribution is -2.67. The highest BCUT2D eigenvalue weighted by Gasteiger charge is 2.51. The number of hydrogen-bond acceptors (Lipinski definition) is 6. The summed E-state index contributed by atoms with van der Waals surface area (Å²) < 4.78 is 34.7. The van der Waals surface area contributed by atoms with Gasteiger partial charge in [-0.3, -0.25) is 4.98 Å². The van der Waals surface area contributed by atoms with Crippen LogP contribution in [0.4, 0.5) is 14.9 Å². The van der Waals surface area contributed by atoms with Crippen LogP contribution in [-0.2, 0) is 26.9 Å². The number of ether oxygens (including phenoxy) is 2. The number of carbonyl (C=O) groups excluding carboxylic acids is 1. The van der Waals surface area contributed by atoms with Crippen molar-refractivity contribution >= 4 is 57.3 Å². The Morgan fingerprint density at radius 1 is 0.883 bits per heavy atom. The van der Waals surface area contributed by atoms with E-state index in [0.29, 0.717) is 49.2 Å². The van der Waals surface area contributed by atoms with Crippen LogP contribution in [0.25, 0.3) is 22.2 Å². The first-order valence-electron chi connectivity index (χ1n) is 20.7. The summed E-state index contributed by atoms with van der Waals surface area (Å²) in [5.41, 5.74) is 5.82. The number of pyridine rings is 1. The van der Waals surface area contributed by atoms with Crippen LogP contribution in [0.5, 0.6) is 0 Å². The molecule has 8 nitrogen and oxygen atoms in total. The molecule has 0 bridgehead atoms. The summed E-state index contributed by atoms with van der Waals surface area (Å²) >= 11 is 3.49. The summed E-state index contributed by atoms with van der Waals surface area (Å²) in [6.07, 6.45) is 1.88. The van der Waals surface area contributed by atoms with Gasteiger partial charge in [-0.05, 0) is 79.4 Å². The number of nitrogens with one attached hydrogen (secondary N) is 1. The number of benzene rings is 4. The van der Waals surface area contributed by atoms with Gasteiger partial charge in [0.2, 0.25) is 0 Å². The molecule has 1 fully saturated rings. The first-order chi connectivity index (χ1) is 28.7. The summed E-state index contributed by atoms with van der Waals surface area (Å²) in [5, 5.41) is 3.22. The van der Waals surface area contributed by atoms with Crippen LogP contribution in [0.2, 0.25) is 5.04 Å². The fourth-order valence-electron chi connectivity index (χ4n) is 8.48. The lowest BCUT2D eigenvalue weighted by molar-refractivity contribution is 0.0941. The number of anilines is 1. The Bertz CT molecular complexity index is 2360. The molecule has 3 heterocycles. The second-order valence-corrected chi connectivity index (χ2v) is 22.8. The lowest BCUT2D eigenvalue weighted by Gasteiger charge is -2.44. The number of fused-ring (bicyclic) bond motifs is 1. The van der Waals surface area contributed by atoms with E-state index in [1.165, 1.54) is 10.4 Å². The third-order valence-corrected chi connectivity index (χ3v) is 17.3. The van der Waals surface area contributed by atoms with E-state index in [4.69, 9.17) is 18.9 Å². The normalized spacial score (nSPS) is 14.4. The molecule has 2 aromatic heterocycles. The van der Waals surface area contributed by atoms with E-state index in [1.807, 2.05) is 49.5 Å². The van der Waals surface area contributed by atoms with Gasteiger partial charge in [0, 0.05) is 56.4 Å². The van der Waals surface area contributed by atoms with Crippen molar-refractivity contribution < 1.29 is 23.1 Å². The van der Waals surface area contributed by atoms with Crippen LogP contribution in [0.15, 0.2) is 120 Å². The van der Waals surface area contributed by atoms with Crippen LogP contribution < -0.4 is 15.3 Å². The van der Waals surface area contributed by atoms with Crippen LogP contribution in [-0.4, -0.2) is 69.2 Å². The predicted octanol–water partition coefficient (Wildman–Crippen LogP) is 10.4. The minimum atomic E-state index is -2.83. The second-order valence-electron chi connectivity index (χ2n) is 17.6. The average Bonchev–Trinajstić information content (AvgIpc) is 3.58. The Kier molecular flexibility index (Phi) is 13.0. The maximum absolute atomic E-state index is 15.3. The molecule has 1 amide bonds. The number of aromatic nitrogens is 2. The Morgan fingerprint density at radius 2 is 1.48 bits per heavy atom. The zero-order valence-corrected chi connectivity index (χ0v) is 38.3. The van der Waals surface area contributed by atoms with Crippen molar-refractivity contribution in [3.63, 3.8) is 0 Å². The number of H-pyrrole nitrogens is 1. The van der Waals surface area contributed by atoms with E-state index in [0.717, 1.165) is 39.2 Å². The van der Waals surface area contributed by atoms with Crippen molar-refractivity contribution in [2.24, 2.45) is 5.41 Å². The molecule has 1 N–H and O–H groups in total. The minimum Gasteiger partial charge on any atom is -0.445 e. The first-order valence-corrected chi connectivity index (χ1v) is 23.4. The number of aromatic amines is 1. The molecule has 0 unspecified atom stereocenters. The van der Waals surface area contributed by atoms with Gasteiger partial charge in [0.05, 0.1) is 33.8 Å². The van der Waals surface area contributed by atoms with Gasteiger partial charge in [-0.25, -0.2) is 9.18 Å². The summed E-state index contributed by atoms with van der Waals surface area (Å²) in [7, 11) is -1.14. The maximum Gasteiger partial charge on any atom is 0.410 e. The Hall–Kier alpha value is -4.81. The standard InChI is InChI=1S/C49H56BrFN4O4Si/c1-34(57-7)45-40(27-36(31-52-45)54-23-25-55(26-24-54)47(56)58-32-35-17-11-8-12-18-35)46-41(39-28-42(50)43(51)29-44(39)53-46)30-49(5,6)33-59-60(48(2,3)4,37-19-13-9-14-20-37)38-21-15-10-16-22-38/h8-22,27-29,31,34,53H,23-26,30,32-33H2,1-7H3/t34-/m0/s1. The molecule has 0 spiro atoms. The molecule has 60 heavy (non-hydrogen) atoms. The molecular weight excluding hydrogens is 836 g/mol. The molecule has 1 saturated heterocycles. The molecule has 7 rings (SSSR count). The van der Waals surface area contributed by atoms with Crippen molar-refractivity contribution in [2.75, 3.05) is 44.8 Å². The van der Waals surface area contributed by atoms with Gasteiger partial charge < -0.3 is 28.7 Å². The molecule has 1 atom stereocenters. The van der Waals surface area contributed by atoms with Crippen molar-refractivity contribution in [1.82, 2.24) is 14.9 Å². The molecule has 1 aliphatic heterocycles. The molecule has 6 aromatic rings. The summed E-state index contributed by atoms with van der Waals surface area (Å²) in [5.74, 6) is -0.339. The smallest absolute Gasteiger partial charge is 0.410 e. The molecule has 11 heteroatoms. The number of nitrogens with zero attached hydrogens (tertiary/aromatic N) is 3. The van der Waals surface area contributed by atoms with Gasteiger partial charge >= 0.3 is 6.09 Å². The second kappa shape index (κ2) is 18.0. The van der Waals surface area contributed by atoms with Crippen LogP contribution in [0.3, 0.4) is 0 Å². The SMILES string of the molecule is CO[C@@H](C)c1ncc(N2CCN(C(=O)OCc3ccccc3)CC2)cc1-c1[nH]c2cc(F)c(Br)cc2c1CC(C)(C)CO[Si](c1ccccc1)(c1ccccc1)C(C)(C)C. The predicted molar refractivity (Wildman–Crippen MR) is 246 cm³/mol. The monoisotopic (exact) mass is 890 g/mol. The van der Waals surface area contributed by atoms with Crippen LogP contribution >= 0.6 is 15.9 Å². The highest BCUT2D eigenvalue weighted by Crippen LogP contribution is 2.42. The van der Waals surface area contributed by atoms with Gasteiger partial charge in [-0.2, -0.15) is 0 Å². The van der Waals surface area contributed by atoms with Gasteiger partial charge in [-0.1, -0.05) is 126 Å². The van der Waals surface area contributed by atoms with Crippen molar-refractivity contribution in [3.8, 4) is 11.3 Å². The van der Waals surface area contributed by atoms with Crippen LogP contribution in [0, 0.1) is 11.2 Å². The summed E-state index contributed by atoms with van der Waals surface area (Å²) in [6, 6.07) is 36.7.